The molecule has 25 heavy (non-hydrogen) atoms. The molecule has 7 nitrogen and oxygen atoms in total. The maximum absolute atomic E-state index is 11.6. The van der Waals surface area contributed by atoms with E-state index in [-0.39, 0.29) is 23.0 Å². The van der Waals surface area contributed by atoms with E-state index in [1.165, 1.54) is 28.1 Å². The molecule has 7 heteroatoms. The smallest absolute Gasteiger partial charge is 0.308 e. The maximum Gasteiger partial charge on any atom is 0.308 e. The SMILES string of the molecule is CCOc1cccc2c(OC(C)=O)c(OC)c(OC)c(OC(C)=O)c12. The Bertz CT molecular complexity index is 811. The van der Waals surface area contributed by atoms with Gasteiger partial charge in [0.1, 0.15) is 5.75 Å². The van der Waals surface area contributed by atoms with Crippen molar-refractivity contribution in [3.05, 3.63) is 18.2 Å². The van der Waals surface area contributed by atoms with Crippen LogP contribution in [-0.4, -0.2) is 32.8 Å². The van der Waals surface area contributed by atoms with E-state index in [0.717, 1.165) is 0 Å². The molecule has 2 rings (SSSR count). The van der Waals surface area contributed by atoms with E-state index in [1.807, 2.05) is 6.92 Å². The van der Waals surface area contributed by atoms with Gasteiger partial charge in [-0.1, -0.05) is 12.1 Å². The second-order valence-corrected chi connectivity index (χ2v) is 5.02. The van der Waals surface area contributed by atoms with Crippen LogP contribution in [0.3, 0.4) is 0 Å². The standard InChI is InChI=1S/C18H20O7/c1-6-23-13-9-7-8-12-14(13)16(25-11(3)20)18(22-5)17(21-4)15(12)24-10(2)19/h7-9H,6H2,1-5H3. The van der Waals surface area contributed by atoms with E-state index in [9.17, 15) is 9.59 Å². The first-order valence-corrected chi connectivity index (χ1v) is 7.64. The van der Waals surface area contributed by atoms with Gasteiger partial charge in [0, 0.05) is 19.2 Å². The first kappa shape index (κ1) is 18.4. The van der Waals surface area contributed by atoms with Gasteiger partial charge in [0.05, 0.1) is 26.2 Å². The molecule has 2 aromatic carbocycles. The minimum absolute atomic E-state index is 0.133. The third-order valence-corrected chi connectivity index (χ3v) is 3.32. The van der Waals surface area contributed by atoms with E-state index in [0.29, 0.717) is 23.1 Å². The van der Waals surface area contributed by atoms with Crippen LogP contribution in [0.1, 0.15) is 20.8 Å². The molecule has 0 unspecified atom stereocenters. The molecule has 0 aliphatic rings. The number of carbonyl (C=O) groups excluding carboxylic acids is 2. The molecule has 0 heterocycles. The zero-order valence-electron chi connectivity index (χ0n) is 14.8. The molecule has 0 saturated carbocycles. The summed E-state index contributed by atoms with van der Waals surface area (Å²) in [5.41, 5.74) is 0. The lowest BCUT2D eigenvalue weighted by atomic mass is 10.1. The monoisotopic (exact) mass is 348 g/mol. The summed E-state index contributed by atoms with van der Waals surface area (Å²) in [6, 6.07) is 5.18. The van der Waals surface area contributed by atoms with Gasteiger partial charge in [0.15, 0.2) is 11.5 Å². The minimum Gasteiger partial charge on any atom is -0.493 e. The molecule has 0 saturated heterocycles. The van der Waals surface area contributed by atoms with Crippen LogP contribution in [0.4, 0.5) is 0 Å². The normalized spacial score (nSPS) is 10.3. The van der Waals surface area contributed by atoms with Gasteiger partial charge in [0.2, 0.25) is 11.5 Å². The second-order valence-electron chi connectivity index (χ2n) is 5.02. The van der Waals surface area contributed by atoms with Crippen LogP contribution < -0.4 is 23.7 Å². The predicted molar refractivity (Wildman–Crippen MR) is 90.8 cm³/mol. The summed E-state index contributed by atoms with van der Waals surface area (Å²) in [5.74, 6) is -0.00712. The third-order valence-electron chi connectivity index (χ3n) is 3.32. The molecule has 0 amide bonds. The summed E-state index contributed by atoms with van der Waals surface area (Å²) in [5, 5.41) is 0.948. The number of carbonyl (C=O) groups is 2. The summed E-state index contributed by atoms with van der Waals surface area (Å²) in [6.45, 7) is 4.79. The van der Waals surface area contributed by atoms with Crippen LogP contribution in [-0.2, 0) is 9.59 Å². The Morgan fingerprint density at radius 3 is 1.96 bits per heavy atom. The fourth-order valence-electron chi connectivity index (χ4n) is 2.53. The fraction of sp³-hybridized carbons (Fsp3) is 0.333. The summed E-state index contributed by atoms with van der Waals surface area (Å²) < 4.78 is 27.1. The molecular weight excluding hydrogens is 328 g/mol. The lowest BCUT2D eigenvalue weighted by Gasteiger charge is -2.20. The van der Waals surface area contributed by atoms with Gasteiger partial charge in [-0.15, -0.1) is 0 Å². The van der Waals surface area contributed by atoms with E-state index < -0.39 is 11.9 Å². The van der Waals surface area contributed by atoms with E-state index in [4.69, 9.17) is 23.7 Å². The van der Waals surface area contributed by atoms with Gasteiger partial charge in [-0.05, 0) is 13.0 Å². The van der Waals surface area contributed by atoms with Crippen LogP contribution in [0.5, 0.6) is 28.7 Å². The number of rotatable bonds is 6. The van der Waals surface area contributed by atoms with Gasteiger partial charge in [-0.2, -0.15) is 0 Å². The highest BCUT2D eigenvalue weighted by molar-refractivity contribution is 6.04. The van der Waals surface area contributed by atoms with E-state index in [1.54, 1.807) is 18.2 Å². The topological polar surface area (TPSA) is 80.3 Å². The van der Waals surface area contributed by atoms with E-state index in [2.05, 4.69) is 0 Å². The molecule has 0 bridgehead atoms. The molecule has 0 aliphatic heterocycles. The number of ether oxygens (including phenoxy) is 5. The molecule has 0 N–H and O–H groups in total. The van der Waals surface area contributed by atoms with Gasteiger partial charge in [-0.3, -0.25) is 9.59 Å². The molecule has 0 aliphatic carbocycles. The maximum atomic E-state index is 11.6. The second kappa shape index (κ2) is 7.74. The number of hydrogen-bond donors (Lipinski definition) is 0. The molecular formula is C18H20O7. The minimum atomic E-state index is -0.534. The Balaban J connectivity index is 2.98. The first-order valence-electron chi connectivity index (χ1n) is 7.64. The highest BCUT2D eigenvalue weighted by atomic mass is 16.6. The Labute approximate surface area is 145 Å². The molecule has 0 aromatic heterocycles. The largest absolute Gasteiger partial charge is 0.493 e. The van der Waals surface area contributed by atoms with Crippen LogP contribution >= 0.6 is 0 Å². The quantitative estimate of drug-likeness (QED) is 0.586. The van der Waals surface area contributed by atoms with Gasteiger partial charge in [0.25, 0.3) is 0 Å². The number of esters is 2. The number of benzene rings is 2. The number of methoxy groups -OCH3 is 2. The molecule has 2 aromatic rings. The predicted octanol–water partition coefficient (Wildman–Crippen LogP) is 3.11. The summed E-state index contributed by atoms with van der Waals surface area (Å²) in [4.78, 5) is 23.2. The number of hydrogen-bond acceptors (Lipinski definition) is 7. The Kier molecular flexibility index (Phi) is 5.69. The average Bonchev–Trinajstić information content (AvgIpc) is 2.55. The van der Waals surface area contributed by atoms with Gasteiger partial charge >= 0.3 is 11.9 Å². The fourth-order valence-corrected chi connectivity index (χ4v) is 2.53. The molecule has 0 spiro atoms. The lowest BCUT2D eigenvalue weighted by Crippen LogP contribution is -2.09. The van der Waals surface area contributed by atoms with Crippen molar-refractivity contribution in [3.8, 4) is 28.7 Å². The van der Waals surface area contributed by atoms with E-state index >= 15 is 0 Å². The Hall–Kier alpha value is -2.96. The summed E-state index contributed by atoms with van der Waals surface area (Å²) >= 11 is 0. The van der Waals surface area contributed by atoms with Gasteiger partial charge in [-0.25, -0.2) is 0 Å². The molecule has 0 fully saturated rings. The van der Waals surface area contributed by atoms with Crippen LogP contribution in [0, 0.1) is 0 Å². The molecule has 0 radical (unpaired) electrons. The van der Waals surface area contributed by atoms with Crippen LogP contribution in [0.15, 0.2) is 18.2 Å². The molecule has 0 atom stereocenters. The van der Waals surface area contributed by atoms with Crippen molar-refractivity contribution in [2.45, 2.75) is 20.8 Å². The van der Waals surface area contributed by atoms with Crippen molar-refractivity contribution in [2.75, 3.05) is 20.8 Å². The zero-order chi connectivity index (χ0) is 18.6. The van der Waals surface area contributed by atoms with Crippen molar-refractivity contribution in [1.29, 1.82) is 0 Å². The summed E-state index contributed by atoms with van der Waals surface area (Å²) in [7, 11) is 2.80. The van der Waals surface area contributed by atoms with Crippen molar-refractivity contribution in [3.63, 3.8) is 0 Å². The number of fused-ring (bicyclic) bond motifs is 1. The highest BCUT2D eigenvalue weighted by Crippen LogP contribution is 2.53. The van der Waals surface area contributed by atoms with Crippen molar-refractivity contribution >= 4 is 22.7 Å². The summed E-state index contributed by atoms with van der Waals surface area (Å²) in [6.07, 6.45) is 0. The zero-order valence-corrected chi connectivity index (χ0v) is 14.8. The van der Waals surface area contributed by atoms with Crippen LogP contribution in [0.2, 0.25) is 0 Å². The third kappa shape index (κ3) is 3.60. The molecule has 134 valence electrons. The van der Waals surface area contributed by atoms with Gasteiger partial charge < -0.3 is 23.7 Å². The Morgan fingerprint density at radius 1 is 0.880 bits per heavy atom. The van der Waals surface area contributed by atoms with Crippen molar-refractivity contribution < 1.29 is 33.3 Å². The Morgan fingerprint density at radius 2 is 1.44 bits per heavy atom. The van der Waals surface area contributed by atoms with Crippen LogP contribution in [0.25, 0.3) is 10.8 Å². The lowest BCUT2D eigenvalue weighted by molar-refractivity contribution is -0.133. The van der Waals surface area contributed by atoms with Crippen molar-refractivity contribution in [1.82, 2.24) is 0 Å². The first-order chi connectivity index (χ1) is 11.9. The average molecular weight is 348 g/mol. The van der Waals surface area contributed by atoms with Crippen molar-refractivity contribution in [2.24, 2.45) is 0 Å². The highest BCUT2D eigenvalue weighted by Gasteiger charge is 2.27.